The lowest BCUT2D eigenvalue weighted by molar-refractivity contribution is 0.0952. The number of anilines is 1. The van der Waals surface area contributed by atoms with Crippen LogP contribution in [-0.4, -0.2) is 23.5 Å². The first kappa shape index (κ1) is 17.0. The van der Waals surface area contributed by atoms with Crippen LogP contribution < -0.4 is 16.0 Å². The first-order valence-corrected chi connectivity index (χ1v) is 8.44. The summed E-state index contributed by atoms with van der Waals surface area (Å²) in [7, 11) is 0. The molecule has 3 amide bonds. The summed E-state index contributed by atoms with van der Waals surface area (Å²) in [5, 5.41) is 8.53. The molecule has 3 rings (SSSR count). The van der Waals surface area contributed by atoms with Crippen LogP contribution in [0.15, 0.2) is 42.7 Å². The van der Waals surface area contributed by atoms with Gasteiger partial charge in [0.15, 0.2) is 0 Å². The lowest BCUT2D eigenvalue weighted by Gasteiger charge is -2.12. The monoisotopic (exact) mass is 338 g/mol. The number of nitrogens with one attached hydrogen (secondary N) is 3. The van der Waals surface area contributed by atoms with Gasteiger partial charge in [0.1, 0.15) is 0 Å². The number of benzene rings is 1. The number of rotatable bonds is 6. The third kappa shape index (κ3) is 5.04. The van der Waals surface area contributed by atoms with Gasteiger partial charge in [0.25, 0.3) is 5.91 Å². The summed E-state index contributed by atoms with van der Waals surface area (Å²) in [6, 6.07) is 8.70. The van der Waals surface area contributed by atoms with Gasteiger partial charge in [0.2, 0.25) is 0 Å². The van der Waals surface area contributed by atoms with Crippen LogP contribution in [0.25, 0.3) is 0 Å². The molecule has 1 aromatic carbocycles. The molecule has 0 spiro atoms. The highest BCUT2D eigenvalue weighted by molar-refractivity contribution is 5.97. The van der Waals surface area contributed by atoms with Crippen molar-refractivity contribution in [3.63, 3.8) is 0 Å². The van der Waals surface area contributed by atoms with Crippen LogP contribution in [0.1, 0.15) is 34.3 Å². The van der Waals surface area contributed by atoms with E-state index in [-0.39, 0.29) is 11.9 Å². The van der Waals surface area contributed by atoms with E-state index in [4.69, 9.17) is 0 Å². The van der Waals surface area contributed by atoms with Crippen molar-refractivity contribution in [3.05, 3.63) is 59.4 Å². The average molecular weight is 338 g/mol. The van der Waals surface area contributed by atoms with Crippen molar-refractivity contribution < 1.29 is 9.59 Å². The number of hydrogen-bond donors (Lipinski definition) is 3. The predicted molar refractivity (Wildman–Crippen MR) is 96.3 cm³/mol. The molecule has 1 fully saturated rings. The highest BCUT2D eigenvalue weighted by Gasteiger charge is 2.22. The molecule has 0 bridgehead atoms. The predicted octanol–water partition coefficient (Wildman–Crippen LogP) is 2.85. The molecule has 1 aromatic heterocycles. The van der Waals surface area contributed by atoms with E-state index in [1.165, 1.54) is 12.8 Å². The Morgan fingerprint density at radius 2 is 1.88 bits per heavy atom. The summed E-state index contributed by atoms with van der Waals surface area (Å²) < 4.78 is 0. The summed E-state index contributed by atoms with van der Waals surface area (Å²) >= 11 is 0. The molecule has 0 atom stereocenters. The van der Waals surface area contributed by atoms with Gasteiger partial charge in [0, 0.05) is 36.7 Å². The molecule has 1 aliphatic rings. The number of hydrogen-bond acceptors (Lipinski definition) is 3. The van der Waals surface area contributed by atoms with E-state index < -0.39 is 0 Å². The van der Waals surface area contributed by atoms with E-state index in [1.54, 1.807) is 24.5 Å². The number of aryl methyl sites for hydroxylation is 1. The molecule has 0 aliphatic heterocycles. The normalized spacial score (nSPS) is 13.2. The number of aromatic nitrogens is 1. The second kappa shape index (κ2) is 7.79. The molecule has 6 nitrogen and oxygen atoms in total. The van der Waals surface area contributed by atoms with E-state index in [9.17, 15) is 9.59 Å². The second-order valence-corrected chi connectivity index (χ2v) is 6.35. The Morgan fingerprint density at radius 1 is 1.12 bits per heavy atom. The van der Waals surface area contributed by atoms with Crippen molar-refractivity contribution in [2.75, 3.05) is 11.9 Å². The lowest BCUT2D eigenvalue weighted by atomic mass is 10.1. The summed E-state index contributed by atoms with van der Waals surface area (Å²) in [6.07, 6.45) is 5.75. The van der Waals surface area contributed by atoms with Gasteiger partial charge in [-0.05, 0) is 61.1 Å². The Labute approximate surface area is 147 Å². The number of urea groups is 1. The number of carbonyl (C=O) groups excluding carboxylic acids is 2. The topological polar surface area (TPSA) is 83.1 Å². The zero-order chi connectivity index (χ0) is 17.6. The van der Waals surface area contributed by atoms with E-state index in [0.29, 0.717) is 23.7 Å². The highest BCUT2D eigenvalue weighted by atomic mass is 16.2. The Bertz CT molecular complexity index is 757. The van der Waals surface area contributed by atoms with E-state index in [1.807, 2.05) is 25.1 Å². The van der Waals surface area contributed by atoms with Gasteiger partial charge >= 0.3 is 6.03 Å². The van der Waals surface area contributed by atoms with E-state index in [0.717, 1.165) is 17.7 Å². The maximum Gasteiger partial charge on any atom is 0.319 e. The van der Waals surface area contributed by atoms with Crippen LogP contribution in [0.4, 0.5) is 10.5 Å². The van der Waals surface area contributed by atoms with Crippen molar-refractivity contribution in [2.45, 2.75) is 26.3 Å². The van der Waals surface area contributed by atoms with Gasteiger partial charge in [-0.1, -0.05) is 6.07 Å². The van der Waals surface area contributed by atoms with Crippen LogP contribution in [0.5, 0.6) is 0 Å². The minimum atomic E-state index is -0.310. The molecule has 0 saturated heterocycles. The zero-order valence-electron chi connectivity index (χ0n) is 14.2. The lowest BCUT2D eigenvalue weighted by Crippen LogP contribution is -2.29. The molecule has 0 unspecified atom stereocenters. The molecular formula is C19H22N4O2. The smallest absolute Gasteiger partial charge is 0.319 e. The number of nitrogens with zero attached hydrogens (tertiary/aromatic N) is 1. The van der Waals surface area contributed by atoms with E-state index >= 15 is 0 Å². The zero-order valence-corrected chi connectivity index (χ0v) is 14.2. The van der Waals surface area contributed by atoms with Crippen molar-refractivity contribution in [2.24, 2.45) is 5.92 Å². The molecule has 1 heterocycles. The number of carbonyl (C=O) groups is 2. The quantitative estimate of drug-likeness (QED) is 0.757. The van der Waals surface area contributed by atoms with Gasteiger partial charge in [-0.2, -0.15) is 0 Å². The van der Waals surface area contributed by atoms with Gasteiger partial charge in [-0.25, -0.2) is 4.79 Å². The van der Waals surface area contributed by atoms with Crippen molar-refractivity contribution in [1.29, 1.82) is 0 Å². The summed E-state index contributed by atoms with van der Waals surface area (Å²) in [4.78, 5) is 28.2. The van der Waals surface area contributed by atoms with Crippen molar-refractivity contribution in [1.82, 2.24) is 15.6 Å². The van der Waals surface area contributed by atoms with Crippen LogP contribution >= 0.6 is 0 Å². The first-order chi connectivity index (χ1) is 12.1. The standard InChI is InChI=1S/C19H22N4O2/c1-13-2-5-16(18(24)21-11-14-3-4-14)10-17(13)23-19(25)22-12-15-6-8-20-9-7-15/h2,5-10,14H,3-4,11-12H2,1H3,(H,21,24)(H2,22,23,25). The fraction of sp³-hybridized carbons (Fsp3) is 0.316. The van der Waals surface area contributed by atoms with Crippen molar-refractivity contribution in [3.8, 4) is 0 Å². The van der Waals surface area contributed by atoms with Gasteiger partial charge in [-0.15, -0.1) is 0 Å². The highest BCUT2D eigenvalue weighted by Crippen LogP contribution is 2.27. The fourth-order valence-electron chi connectivity index (χ4n) is 2.41. The van der Waals surface area contributed by atoms with E-state index in [2.05, 4.69) is 20.9 Å². The number of amides is 3. The Kier molecular flexibility index (Phi) is 5.28. The molecule has 6 heteroatoms. The SMILES string of the molecule is Cc1ccc(C(=O)NCC2CC2)cc1NC(=O)NCc1ccncc1. The summed E-state index contributed by atoms with van der Waals surface area (Å²) in [6.45, 7) is 3.03. The van der Waals surface area contributed by atoms with Crippen LogP contribution in [-0.2, 0) is 6.54 Å². The molecule has 3 N–H and O–H groups in total. The van der Waals surface area contributed by atoms with Gasteiger partial charge in [-0.3, -0.25) is 9.78 Å². The molecule has 1 saturated carbocycles. The summed E-state index contributed by atoms with van der Waals surface area (Å²) in [5.74, 6) is 0.526. The maximum absolute atomic E-state index is 12.2. The van der Waals surface area contributed by atoms with Gasteiger partial charge in [0.05, 0.1) is 0 Å². The molecular weight excluding hydrogens is 316 g/mol. The number of pyridine rings is 1. The molecule has 2 aromatic rings. The third-order valence-electron chi connectivity index (χ3n) is 4.20. The molecule has 1 aliphatic carbocycles. The fourth-order valence-corrected chi connectivity index (χ4v) is 2.41. The Morgan fingerprint density at radius 3 is 2.60 bits per heavy atom. The largest absolute Gasteiger partial charge is 0.352 e. The minimum Gasteiger partial charge on any atom is -0.352 e. The van der Waals surface area contributed by atoms with Crippen LogP contribution in [0, 0.1) is 12.8 Å². The third-order valence-corrected chi connectivity index (χ3v) is 4.20. The molecule has 25 heavy (non-hydrogen) atoms. The maximum atomic E-state index is 12.2. The van der Waals surface area contributed by atoms with Gasteiger partial charge < -0.3 is 16.0 Å². The minimum absolute atomic E-state index is 0.104. The van der Waals surface area contributed by atoms with Crippen molar-refractivity contribution >= 4 is 17.6 Å². The molecule has 0 radical (unpaired) electrons. The summed E-state index contributed by atoms with van der Waals surface area (Å²) in [5.41, 5.74) is 3.05. The molecule has 130 valence electrons. The van der Waals surface area contributed by atoms with Crippen LogP contribution in [0.3, 0.4) is 0 Å². The first-order valence-electron chi connectivity index (χ1n) is 8.44. The van der Waals surface area contributed by atoms with Crippen LogP contribution in [0.2, 0.25) is 0 Å². The second-order valence-electron chi connectivity index (χ2n) is 6.35. The average Bonchev–Trinajstić information content (AvgIpc) is 3.45. The Balaban J connectivity index is 1.57. The Hall–Kier alpha value is -2.89.